The number of anilines is 1. The number of ether oxygens (including phenoxy) is 1. The minimum atomic E-state index is -0.573. The van der Waals surface area contributed by atoms with E-state index in [1.807, 2.05) is 24.3 Å². The minimum absolute atomic E-state index is 0.00951. The highest BCUT2D eigenvalue weighted by atomic mass is 19.1. The van der Waals surface area contributed by atoms with Gasteiger partial charge in [-0.1, -0.05) is 12.1 Å². The fraction of sp³-hybridized carbons (Fsp3) is 0.200. The fourth-order valence-electron chi connectivity index (χ4n) is 3.15. The first kappa shape index (κ1) is 17.8. The Morgan fingerprint density at radius 2 is 1.96 bits per heavy atom. The molecule has 2 heterocycles. The van der Waals surface area contributed by atoms with Gasteiger partial charge in [-0.3, -0.25) is 9.59 Å². The lowest BCUT2D eigenvalue weighted by atomic mass is 10.1. The summed E-state index contributed by atoms with van der Waals surface area (Å²) in [6, 6.07) is 12.8. The summed E-state index contributed by atoms with van der Waals surface area (Å²) in [5.74, 6) is -0.445. The van der Waals surface area contributed by atoms with Crippen molar-refractivity contribution in [1.29, 1.82) is 0 Å². The first-order valence-corrected chi connectivity index (χ1v) is 8.85. The summed E-state index contributed by atoms with van der Waals surface area (Å²) in [7, 11) is 0. The van der Waals surface area contributed by atoms with E-state index in [2.05, 4.69) is 15.4 Å². The third-order valence-corrected chi connectivity index (χ3v) is 4.40. The number of para-hydroxylation sites is 1. The van der Waals surface area contributed by atoms with Gasteiger partial charge in [0.05, 0.1) is 13.0 Å². The molecule has 0 fully saturated rings. The van der Waals surface area contributed by atoms with Crippen LogP contribution in [0.15, 0.2) is 53.3 Å². The molecule has 0 spiro atoms. The fourth-order valence-corrected chi connectivity index (χ4v) is 3.15. The molecule has 1 aromatic heterocycles. The van der Waals surface area contributed by atoms with Crippen LogP contribution in [0.25, 0.3) is 22.6 Å². The number of hydrogen-bond donors (Lipinski definition) is 1. The number of carbonyl (C=O) groups excluding carboxylic acids is 1. The number of esters is 1. The first-order valence-electron chi connectivity index (χ1n) is 8.85. The monoisotopic (exact) mass is 380 g/mol. The molecule has 2 aromatic carbocycles. The van der Waals surface area contributed by atoms with E-state index in [1.54, 1.807) is 6.92 Å². The third kappa shape index (κ3) is 3.24. The van der Waals surface area contributed by atoms with Crippen molar-refractivity contribution >= 4 is 11.7 Å². The molecule has 0 saturated heterocycles. The maximum atomic E-state index is 13.2. The Kier molecular flexibility index (Phi) is 4.60. The second-order valence-corrected chi connectivity index (χ2v) is 6.26. The number of aromatic nitrogens is 3. The summed E-state index contributed by atoms with van der Waals surface area (Å²) in [5, 5.41) is 7.70. The van der Waals surface area contributed by atoms with Gasteiger partial charge in [-0.25, -0.2) is 9.07 Å². The van der Waals surface area contributed by atoms with Crippen molar-refractivity contribution in [3.8, 4) is 22.6 Å². The summed E-state index contributed by atoms with van der Waals surface area (Å²) < 4.78 is 19.8. The molecular formula is C20H17FN4O3. The second kappa shape index (κ2) is 7.22. The zero-order valence-corrected chi connectivity index (χ0v) is 15.1. The number of fused-ring (bicyclic) bond motifs is 3. The van der Waals surface area contributed by atoms with Crippen LogP contribution in [0.2, 0.25) is 0 Å². The van der Waals surface area contributed by atoms with E-state index in [0.717, 1.165) is 5.69 Å². The standard InChI is InChI=1S/C20H17FN4O3/c1-2-28-17(26)11-16-22-15-6-4-3-5-14(15)19-23-20(27)18(24-25(16)19)12-7-9-13(21)10-8-12/h3-10,16,22H,2,11H2,1H3/t16-/m1/s1. The Hall–Kier alpha value is -3.55. The Balaban J connectivity index is 1.85. The van der Waals surface area contributed by atoms with Gasteiger partial charge in [0.15, 0.2) is 11.5 Å². The van der Waals surface area contributed by atoms with Crippen molar-refractivity contribution in [2.75, 3.05) is 11.9 Å². The van der Waals surface area contributed by atoms with E-state index >= 15 is 0 Å². The van der Waals surface area contributed by atoms with Gasteiger partial charge in [0, 0.05) is 16.8 Å². The summed E-state index contributed by atoms with van der Waals surface area (Å²) in [4.78, 5) is 28.9. The van der Waals surface area contributed by atoms with Crippen LogP contribution in [0.1, 0.15) is 19.5 Å². The van der Waals surface area contributed by atoms with Crippen molar-refractivity contribution in [2.45, 2.75) is 19.5 Å². The Morgan fingerprint density at radius 3 is 2.71 bits per heavy atom. The van der Waals surface area contributed by atoms with Gasteiger partial charge in [0.1, 0.15) is 12.0 Å². The molecule has 3 aromatic rings. The van der Waals surface area contributed by atoms with Crippen LogP contribution in [0.4, 0.5) is 10.1 Å². The van der Waals surface area contributed by atoms with E-state index < -0.39 is 23.5 Å². The van der Waals surface area contributed by atoms with Gasteiger partial charge in [0.25, 0.3) is 5.56 Å². The average molecular weight is 380 g/mol. The quantitative estimate of drug-likeness (QED) is 0.701. The molecule has 0 radical (unpaired) electrons. The van der Waals surface area contributed by atoms with Crippen molar-refractivity contribution in [3.63, 3.8) is 0 Å². The normalized spacial score (nSPS) is 14.6. The van der Waals surface area contributed by atoms with Crippen LogP contribution >= 0.6 is 0 Å². The predicted octanol–water partition coefficient (Wildman–Crippen LogP) is 2.99. The number of halogens is 1. The first-order chi connectivity index (χ1) is 13.6. The predicted molar refractivity (Wildman–Crippen MR) is 101 cm³/mol. The smallest absolute Gasteiger partial charge is 0.309 e. The van der Waals surface area contributed by atoms with E-state index in [9.17, 15) is 14.0 Å². The molecule has 1 atom stereocenters. The molecule has 0 bridgehead atoms. The summed E-state index contributed by atoms with van der Waals surface area (Å²) >= 11 is 0. The molecule has 1 aliphatic heterocycles. The summed E-state index contributed by atoms with van der Waals surface area (Å²) in [6.07, 6.45) is -0.563. The number of benzene rings is 2. The second-order valence-electron chi connectivity index (χ2n) is 6.26. The van der Waals surface area contributed by atoms with E-state index in [0.29, 0.717) is 17.0 Å². The van der Waals surface area contributed by atoms with Crippen LogP contribution < -0.4 is 10.9 Å². The highest BCUT2D eigenvalue weighted by Gasteiger charge is 2.28. The molecule has 142 valence electrons. The molecule has 0 aliphatic carbocycles. The van der Waals surface area contributed by atoms with Gasteiger partial charge < -0.3 is 10.1 Å². The maximum Gasteiger partial charge on any atom is 0.309 e. The SMILES string of the molecule is CCOC(=O)C[C@@H]1Nc2ccccc2-c2nc(=O)c(-c3ccc(F)cc3)nn21. The molecule has 7 nitrogen and oxygen atoms in total. The summed E-state index contributed by atoms with van der Waals surface area (Å²) in [6.45, 7) is 2.00. The van der Waals surface area contributed by atoms with Crippen molar-refractivity contribution in [1.82, 2.24) is 14.8 Å². The third-order valence-electron chi connectivity index (χ3n) is 4.40. The topological polar surface area (TPSA) is 86.1 Å². The lowest BCUT2D eigenvalue weighted by molar-refractivity contribution is -0.143. The molecule has 1 aliphatic rings. The lowest BCUT2D eigenvalue weighted by Crippen LogP contribution is -2.33. The number of nitrogens with zero attached hydrogens (tertiary/aromatic N) is 3. The number of rotatable bonds is 4. The Labute approximate surface area is 159 Å². The van der Waals surface area contributed by atoms with Gasteiger partial charge in [-0.05, 0) is 43.3 Å². The molecular weight excluding hydrogens is 363 g/mol. The molecule has 4 rings (SSSR count). The van der Waals surface area contributed by atoms with Gasteiger partial charge >= 0.3 is 5.97 Å². The van der Waals surface area contributed by atoms with Crippen LogP contribution in [0.5, 0.6) is 0 Å². The molecule has 0 saturated carbocycles. The number of carbonyl (C=O) groups is 1. The average Bonchev–Trinajstić information content (AvgIpc) is 2.69. The Bertz CT molecular complexity index is 1100. The largest absolute Gasteiger partial charge is 0.466 e. The van der Waals surface area contributed by atoms with Gasteiger partial charge in [-0.2, -0.15) is 10.1 Å². The van der Waals surface area contributed by atoms with Gasteiger partial charge in [0.2, 0.25) is 0 Å². The van der Waals surface area contributed by atoms with Crippen LogP contribution in [-0.2, 0) is 9.53 Å². The zero-order valence-electron chi connectivity index (χ0n) is 15.1. The molecule has 28 heavy (non-hydrogen) atoms. The van der Waals surface area contributed by atoms with E-state index in [-0.39, 0.29) is 18.7 Å². The van der Waals surface area contributed by atoms with Gasteiger partial charge in [-0.15, -0.1) is 0 Å². The van der Waals surface area contributed by atoms with Crippen LogP contribution in [0, 0.1) is 5.82 Å². The number of nitrogens with one attached hydrogen (secondary N) is 1. The maximum absolute atomic E-state index is 13.2. The van der Waals surface area contributed by atoms with E-state index in [1.165, 1.54) is 28.9 Å². The lowest BCUT2D eigenvalue weighted by Gasteiger charge is -2.29. The van der Waals surface area contributed by atoms with E-state index in [4.69, 9.17) is 4.74 Å². The minimum Gasteiger partial charge on any atom is -0.466 e. The summed E-state index contributed by atoms with van der Waals surface area (Å²) in [5.41, 5.74) is 1.46. The highest BCUT2D eigenvalue weighted by Crippen LogP contribution is 2.35. The molecule has 8 heteroatoms. The molecule has 1 N–H and O–H groups in total. The van der Waals surface area contributed by atoms with Crippen molar-refractivity contribution < 1.29 is 13.9 Å². The van der Waals surface area contributed by atoms with Crippen LogP contribution in [0.3, 0.4) is 0 Å². The molecule has 0 unspecified atom stereocenters. The van der Waals surface area contributed by atoms with Crippen LogP contribution in [-0.4, -0.2) is 27.3 Å². The highest BCUT2D eigenvalue weighted by molar-refractivity contribution is 5.78. The van der Waals surface area contributed by atoms with Crippen molar-refractivity contribution in [3.05, 3.63) is 64.7 Å². The Morgan fingerprint density at radius 1 is 1.21 bits per heavy atom. The zero-order chi connectivity index (χ0) is 19.7. The number of hydrogen-bond acceptors (Lipinski definition) is 6. The van der Waals surface area contributed by atoms with Crippen molar-refractivity contribution in [2.24, 2.45) is 0 Å². The molecule has 0 amide bonds.